The number of carboxylic acid groups (broad SMARTS) is 1. The third-order valence-electron chi connectivity index (χ3n) is 2.78. The van der Waals surface area contributed by atoms with E-state index in [-0.39, 0.29) is 6.61 Å². The maximum atomic E-state index is 11.9. The molecule has 7 heteroatoms. The van der Waals surface area contributed by atoms with Gasteiger partial charge in [-0.05, 0) is 24.6 Å². The lowest BCUT2D eigenvalue weighted by atomic mass is 10.2. The summed E-state index contributed by atoms with van der Waals surface area (Å²) in [7, 11) is 1.43. The summed E-state index contributed by atoms with van der Waals surface area (Å²) in [4.78, 5) is 24.0. The number of aliphatic carboxylic acids is 1. The first-order chi connectivity index (χ1) is 9.36. The van der Waals surface area contributed by atoms with Crippen LogP contribution in [0.2, 0.25) is 10.0 Å². The van der Waals surface area contributed by atoms with E-state index in [1.807, 2.05) is 0 Å². The highest BCUT2D eigenvalue weighted by molar-refractivity contribution is 6.35. The topological polar surface area (TPSA) is 66.8 Å². The molecule has 0 aliphatic carbocycles. The molecule has 0 saturated heterocycles. The number of amides is 1. The molecular formula is C13H15Cl2NO4. The number of nitrogens with zero attached hydrogens (tertiary/aromatic N) is 1. The van der Waals surface area contributed by atoms with Crippen LogP contribution in [0.25, 0.3) is 0 Å². The van der Waals surface area contributed by atoms with Crippen LogP contribution in [-0.2, 0) is 9.59 Å². The van der Waals surface area contributed by atoms with Gasteiger partial charge in [0.05, 0.1) is 5.02 Å². The van der Waals surface area contributed by atoms with E-state index >= 15 is 0 Å². The lowest BCUT2D eigenvalue weighted by molar-refractivity contribution is -0.149. The van der Waals surface area contributed by atoms with Crippen molar-refractivity contribution < 1.29 is 19.4 Å². The average molecular weight is 320 g/mol. The zero-order valence-corrected chi connectivity index (χ0v) is 12.6. The molecule has 1 unspecified atom stereocenters. The van der Waals surface area contributed by atoms with Crippen molar-refractivity contribution in [2.75, 3.05) is 13.7 Å². The zero-order chi connectivity index (χ0) is 15.3. The molecule has 0 radical (unpaired) electrons. The highest BCUT2D eigenvalue weighted by atomic mass is 35.5. The minimum Gasteiger partial charge on any atom is -0.482 e. The van der Waals surface area contributed by atoms with E-state index in [4.69, 9.17) is 33.0 Å². The van der Waals surface area contributed by atoms with E-state index in [1.165, 1.54) is 13.1 Å². The molecule has 0 aromatic heterocycles. The predicted molar refractivity (Wildman–Crippen MR) is 76.4 cm³/mol. The van der Waals surface area contributed by atoms with Gasteiger partial charge >= 0.3 is 5.97 Å². The molecule has 20 heavy (non-hydrogen) atoms. The molecule has 0 heterocycles. The molecule has 110 valence electrons. The molecule has 1 atom stereocenters. The van der Waals surface area contributed by atoms with Crippen LogP contribution in [0.4, 0.5) is 0 Å². The summed E-state index contributed by atoms with van der Waals surface area (Å²) in [6, 6.07) is 3.76. The van der Waals surface area contributed by atoms with Gasteiger partial charge in [-0.1, -0.05) is 30.1 Å². The van der Waals surface area contributed by atoms with Gasteiger partial charge in [-0.15, -0.1) is 0 Å². The van der Waals surface area contributed by atoms with Crippen molar-refractivity contribution in [2.24, 2.45) is 0 Å². The van der Waals surface area contributed by atoms with E-state index in [9.17, 15) is 9.59 Å². The van der Waals surface area contributed by atoms with Crippen LogP contribution in [-0.4, -0.2) is 41.6 Å². The fraction of sp³-hybridized carbons (Fsp3) is 0.385. The van der Waals surface area contributed by atoms with Crippen LogP contribution >= 0.6 is 23.2 Å². The molecule has 0 bridgehead atoms. The Labute approximate surface area is 127 Å². The van der Waals surface area contributed by atoms with Crippen molar-refractivity contribution in [1.82, 2.24) is 4.90 Å². The summed E-state index contributed by atoms with van der Waals surface area (Å²) >= 11 is 11.6. The van der Waals surface area contributed by atoms with Gasteiger partial charge in [0.2, 0.25) is 0 Å². The van der Waals surface area contributed by atoms with Crippen molar-refractivity contribution >= 4 is 35.1 Å². The van der Waals surface area contributed by atoms with Crippen molar-refractivity contribution in [2.45, 2.75) is 19.4 Å². The molecule has 1 aromatic rings. The first-order valence-electron chi connectivity index (χ1n) is 5.93. The Hall–Kier alpha value is -1.46. The fourth-order valence-electron chi connectivity index (χ4n) is 1.62. The summed E-state index contributed by atoms with van der Waals surface area (Å²) < 4.78 is 5.27. The standard InChI is InChI=1S/C13H15Cl2NO4/c1-3-10(13(18)19)16(2)12(17)7-20-11-5-4-8(14)6-9(11)15/h4-6,10H,3,7H2,1-2H3,(H,18,19). The second-order valence-corrected chi connectivity index (χ2v) is 4.97. The molecule has 0 aliphatic heterocycles. The molecule has 0 saturated carbocycles. The Kier molecular flexibility index (Phi) is 6.10. The minimum absolute atomic E-state index is 0.290. The molecule has 1 rings (SSSR count). The summed E-state index contributed by atoms with van der Waals surface area (Å²) in [6.45, 7) is 1.40. The Morgan fingerprint density at radius 3 is 2.55 bits per heavy atom. The van der Waals surface area contributed by atoms with Crippen molar-refractivity contribution in [3.8, 4) is 5.75 Å². The normalized spacial score (nSPS) is 11.8. The number of carbonyl (C=O) groups is 2. The quantitative estimate of drug-likeness (QED) is 0.875. The van der Waals surface area contributed by atoms with Gasteiger partial charge in [0.1, 0.15) is 11.8 Å². The average Bonchev–Trinajstić information content (AvgIpc) is 2.37. The maximum absolute atomic E-state index is 11.9. The molecule has 5 nitrogen and oxygen atoms in total. The zero-order valence-electron chi connectivity index (χ0n) is 11.1. The Morgan fingerprint density at radius 2 is 2.05 bits per heavy atom. The maximum Gasteiger partial charge on any atom is 0.326 e. The Bertz CT molecular complexity index is 507. The largest absolute Gasteiger partial charge is 0.482 e. The number of hydrogen-bond acceptors (Lipinski definition) is 3. The number of benzene rings is 1. The van der Waals surface area contributed by atoms with Crippen LogP contribution in [0.5, 0.6) is 5.75 Å². The third-order valence-corrected chi connectivity index (χ3v) is 3.31. The van der Waals surface area contributed by atoms with Gasteiger partial charge in [0, 0.05) is 12.1 Å². The Morgan fingerprint density at radius 1 is 1.40 bits per heavy atom. The van der Waals surface area contributed by atoms with E-state index in [2.05, 4.69) is 0 Å². The first-order valence-corrected chi connectivity index (χ1v) is 6.68. The van der Waals surface area contributed by atoms with E-state index < -0.39 is 17.9 Å². The van der Waals surface area contributed by atoms with Crippen LogP contribution in [0.3, 0.4) is 0 Å². The van der Waals surface area contributed by atoms with Crippen molar-refractivity contribution in [3.63, 3.8) is 0 Å². The number of likely N-dealkylation sites (N-methyl/N-ethyl adjacent to an activating group) is 1. The summed E-state index contributed by atoms with van der Waals surface area (Å²) in [5.74, 6) is -1.17. The van der Waals surface area contributed by atoms with E-state index in [0.29, 0.717) is 22.2 Å². The first kappa shape index (κ1) is 16.6. The molecule has 0 aliphatic rings. The monoisotopic (exact) mass is 319 g/mol. The second-order valence-electron chi connectivity index (χ2n) is 4.13. The molecule has 1 aromatic carbocycles. The lowest BCUT2D eigenvalue weighted by Gasteiger charge is -2.23. The molecule has 1 N–H and O–H groups in total. The van der Waals surface area contributed by atoms with Gasteiger partial charge < -0.3 is 14.7 Å². The highest BCUT2D eigenvalue weighted by Crippen LogP contribution is 2.27. The van der Waals surface area contributed by atoms with Crippen LogP contribution in [0.1, 0.15) is 13.3 Å². The second kappa shape index (κ2) is 7.36. The highest BCUT2D eigenvalue weighted by Gasteiger charge is 2.24. The number of halogens is 2. The summed E-state index contributed by atoms with van der Waals surface area (Å²) in [5, 5.41) is 9.73. The SMILES string of the molecule is CCC(C(=O)O)N(C)C(=O)COc1ccc(Cl)cc1Cl. The number of ether oxygens (including phenoxy) is 1. The van der Waals surface area contributed by atoms with Gasteiger partial charge in [0.25, 0.3) is 5.91 Å². The van der Waals surface area contributed by atoms with E-state index in [1.54, 1.807) is 19.1 Å². The third kappa shape index (κ3) is 4.28. The van der Waals surface area contributed by atoms with Gasteiger partial charge in [-0.2, -0.15) is 0 Å². The Balaban J connectivity index is 2.65. The van der Waals surface area contributed by atoms with Crippen LogP contribution in [0.15, 0.2) is 18.2 Å². The van der Waals surface area contributed by atoms with Crippen molar-refractivity contribution in [1.29, 1.82) is 0 Å². The van der Waals surface area contributed by atoms with E-state index in [0.717, 1.165) is 4.90 Å². The molecule has 0 spiro atoms. The summed E-state index contributed by atoms with van der Waals surface area (Å²) in [5.41, 5.74) is 0. The predicted octanol–water partition coefficient (Wildman–Crippen LogP) is 2.69. The van der Waals surface area contributed by atoms with Crippen LogP contribution in [0, 0.1) is 0 Å². The van der Waals surface area contributed by atoms with Crippen molar-refractivity contribution in [3.05, 3.63) is 28.2 Å². The lowest BCUT2D eigenvalue weighted by Crippen LogP contribution is -2.44. The smallest absolute Gasteiger partial charge is 0.326 e. The number of hydrogen-bond donors (Lipinski definition) is 1. The number of rotatable bonds is 6. The van der Waals surface area contributed by atoms with Crippen LogP contribution < -0.4 is 4.74 Å². The molecule has 1 amide bonds. The van der Waals surface area contributed by atoms with Gasteiger partial charge in [-0.25, -0.2) is 4.79 Å². The van der Waals surface area contributed by atoms with Gasteiger partial charge in [0.15, 0.2) is 6.61 Å². The van der Waals surface area contributed by atoms with Gasteiger partial charge in [-0.3, -0.25) is 4.79 Å². The minimum atomic E-state index is -1.05. The summed E-state index contributed by atoms with van der Waals surface area (Å²) in [6.07, 6.45) is 0.319. The number of carbonyl (C=O) groups excluding carboxylic acids is 1. The number of carboxylic acids is 1. The fourth-order valence-corrected chi connectivity index (χ4v) is 2.08. The molecule has 0 fully saturated rings. The molecular weight excluding hydrogens is 305 g/mol.